The first-order chi connectivity index (χ1) is 23.2. The third-order valence-electron chi connectivity index (χ3n) is 16.4. The van der Waals surface area contributed by atoms with Crippen LogP contribution < -0.4 is 5.32 Å². The van der Waals surface area contributed by atoms with Gasteiger partial charge in [-0.15, -0.1) is 0 Å². The van der Waals surface area contributed by atoms with Crippen molar-refractivity contribution in [3.8, 4) is 0 Å². The van der Waals surface area contributed by atoms with Crippen molar-refractivity contribution in [3.63, 3.8) is 0 Å². The summed E-state index contributed by atoms with van der Waals surface area (Å²) in [4.78, 5) is 43.9. The van der Waals surface area contributed by atoms with E-state index in [9.17, 15) is 19.5 Å². The van der Waals surface area contributed by atoms with Crippen molar-refractivity contribution < 1.29 is 24.2 Å². The molecule has 1 amide bonds. The van der Waals surface area contributed by atoms with Crippen molar-refractivity contribution in [2.75, 3.05) is 0 Å². The van der Waals surface area contributed by atoms with Gasteiger partial charge < -0.3 is 15.2 Å². The highest BCUT2D eigenvalue weighted by Gasteiger charge is 2.72. The lowest BCUT2D eigenvalue weighted by molar-refractivity contribution is -0.249. The third-order valence-corrected chi connectivity index (χ3v) is 16.4. The summed E-state index contributed by atoms with van der Waals surface area (Å²) >= 11 is 0. The highest BCUT2D eigenvalue weighted by Crippen LogP contribution is 2.77. The van der Waals surface area contributed by atoms with Gasteiger partial charge in [0.1, 0.15) is 6.10 Å². The second kappa shape index (κ2) is 12.5. The van der Waals surface area contributed by atoms with E-state index in [1.165, 1.54) is 12.0 Å². The monoisotopic (exact) mass is 688 g/mol. The van der Waals surface area contributed by atoms with Gasteiger partial charge in [0.05, 0.1) is 29.0 Å². The first kappa shape index (κ1) is 37.1. The fourth-order valence-corrected chi connectivity index (χ4v) is 13.4. The van der Waals surface area contributed by atoms with Gasteiger partial charge >= 0.3 is 11.9 Å². The molecule has 1 unspecified atom stereocenters. The van der Waals surface area contributed by atoms with Gasteiger partial charge in [0, 0.05) is 11.6 Å². The Kier molecular flexibility index (Phi) is 9.24. The van der Waals surface area contributed by atoms with Gasteiger partial charge in [-0.1, -0.05) is 52.8 Å². The molecule has 7 heteroatoms. The third kappa shape index (κ3) is 5.49. The van der Waals surface area contributed by atoms with Crippen LogP contribution >= 0.6 is 0 Å². The molecule has 0 saturated heterocycles. The zero-order valence-corrected chi connectivity index (χ0v) is 32.4. The molecule has 5 aliphatic rings. The van der Waals surface area contributed by atoms with Crippen LogP contribution in [-0.4, -0.2) is 34.0 Å². The molecular weight excluding hydrogens is 624 g/mol. The summed E-state index contributed by atoms with van der Waals surface area (Å²) in [7, 11) is 0. The molecule has 5 aliphatic carbocycles. The summed E-state index contributed by atoms with van der Waals surface area (Å²) in [5.41, 5.74) is 0.756. The average molecular weight is 689 g/mol. The van der Waals surface area contributed by atoms with Crippen LogP contribution in [0.3, 0.4) is 0 Å². The summed E-state index contributed by atoms with van der Waals surface area (Å²) in [6.45, 7) is 24.3. The number of allylic oxidation sites excluding steroid dienone is 1. The topological polar surface area (TPSA) is 106 Å². The maximum Gasteiger partial charge on any atom is 0.309 e. The molecule has 5 fully saturated rings. The molecule has 0 aromatic carbocycles. The van der Waals surface area contributed by atoms with E-state index in [0.29, 0.717) is 29.6 Å². The maximum absolute atomic E-state index is 14.6. The molecule has 5 saturated carbocycles. The molecule has 2 N–H and O–H groups in total. The van der Waals surface area contributed by atoms with Crippen molar-refractivity contribution in [1.82, 2.24) is 10.3 Å². The number of carboxylic acids is 1. The van der Waals surface area contributed by atoms with Gasteiger partial charge in [0.15, 0.2) is 0 Å². The summed E-state index contributed by atoms with van der Waals surface area (Å²) in [6.07, 6.45) is 11.8. The van der Waals surface area contributed by atoms with Gasteiger partial charge in [0.25, 0.3) is 0 Å². The lowest BCUT2D eigenvalue weighted by atomic mass is 9.32. The van der Waals surface area contributed by atoms with E-state index < -0.39 is 17.4 Å². The number of nitrogens with one attached hydrogen (secondary N) is 1. The van der Waals surface area contributed by atoms with E-state index in [1.807, 2.05) is 18.2 Å². The Morgan fingerprint density at radius 3 is 2.32 bits per heavy atom. The Balaban J connectivity index is 1.26. The maximum atomic E-state index is 14.6. The van der Waals surface area contributed by atoms with Gasteiger partial charge in [0.2, 0.25) is 5.91 Å². The minimum atomic E-state index is -1.15. The van der Waals surface area contributed by atoms with Gasteiger partial charge in [-0.05, 0) is 150 Å². The number of aliphatic carboxylic acids is 1. The van der Waals surface area contributed by atoms with E-state index in [0.717, 1.165) is 63.5 Å². The minimum Gasteiger partial charge on any atom is -0.481 e. The predicted octanol–water partition coefficient (Wildman–Crippen LogP) is 9.33. The molecule has 7 nitrogen and oxygen atoms in total. The van der Waals surface area contributed by atoms with E-state index >= 15 is 0 Å². The van der Waals surface area contributed by atoms with Crippen LogP contribution in [-0.2, 0) is 19.1 Å². The molecular formula is C43H64N2O5. The van der Waals surface area contributed by atoms with Crippen LogP contribution in [0.25, 0.3) is 0 Å². The Labute approximate surface area is 301 Å². The number of carbonyl (C=O) groups is 3. The standard InChI is InChI=1S/C43H64N2O5/c1-26(2)28-16-21-43(36(47)45-27(3)30-13-11-12-24-44-30)23-22-41(9)29(35(28)43)14-15-32-40(8)19-18-33(50-34(46)25-38(4,5)37(48)49)39(6,7)31(40)17-20-42(32,41)10/h11-13,24,27-29,31-33,35H,1,14-23,25H2,2-10H3,(H,45,47)(H,48,49)/t27?,28-,29+,31-,32+,33-,35+,40-,41+,42+,43-/m0/s1. The van der Waals surface area contributed by atoms with E-state index in [2.05, 4.69) is 65.3 Å². The first-order valence-electron chi connectivity index (χ1n) is 19.5. The SMILES string of the molecule is C=C(C)[C@@H]1CC[C@]2(C(=O)NC(C)c3ccccn3)CC[C@]3(C)[C@H](CC[C@@H]4[C@@]5(C)CC[C@H](OC(=O)CC(C)(C)C(=O)O)C(C)(C)[C@@H]5CC[C@]43C)[C@@H]12. The number of hydrogen-bond donors (Lipinski definition) is 2. The van der Waals surface area contributed by atoms with Crippen molar-refractivity contribution in [2.24, 2.45) is 62.1 Å². The predicted molar refractivity (Wildman–Crippen MR) is 196 cm³/mol. The number of aromatic nitrogens is 1. The Bertz CT molecular complexity index is 1520. The molecule has 1 heterocycles. The average Bonchev–Trinajstić information content (AvgIpc) is 3.44. The fourth-order valence-electron chi connectivity index (χ4n) is 13.4. The van der Waals surface area contributed by atoms with Crippen molar-refractivity contribution in [1.29, 1.82) is 0 Å². The zero-order valence-electron chi connectivity index (χ0n) is 32.4. The van der Waals surface area contributed by atoms with Crippen molar-refractivity contribution >= 4 is 17.8 Å². The number of ether oxygens (including phenoxy) is 1. The zero-order chi connectivity index (χ0) is 36.7. The molecule has 11 atom stereocenters. The van der Waals surface area contributed by atoms with E-state index in [-0.39, 0.29) is 51.5 Å². The molecule has 0 aliphatic heterocycles. The van der Waals surface area contributed by atoms with Crippen LogP contribution in [0.2, 0.25) is 0 Å². The summed E-state index contributed by atoms with van der Waals surface area (Å²) < 4.78 is 6.17. The number of nitrogens with zero attached hydrogens (tertiary/aromatic N) is 1. The lowest BCUT2D eigenvalue weighted by Crippen LogP contribution is -2.67. The Morgan fingerprint density at radius 1 is 0.960 bits per heavy atom. The van der Waals surface area contributed by atoms with E-state index in [4.69, 9.17) is 4.74 Å². The van der Waals surface area contributed by atoms with E-state index in [1.54, 1.807) is 20.0 Å². The number of carboxylic acid groups (broad SMARTS) is 1. The molecule has 0 spiro atoms. The summed E-state index contributed by atoms with van der Waals surface area (Å²) in [5, 5.41) is 13.1. The molecule has 1 aromatic heterocycles. The van der Waals surface area contributed by atoms with Crippen molar-refractivity contribution in [2.45, 2.75) is 145 Å². The fraction of sp³-hybridized carbons (Fsp3) is 0.767. The number of rotatable bonds is 8. The quantitative estimate of drug-likeness (QED) is 0.208. The molecule has 0 radical (unpaired) electrons. The number of fused-ring (bicyclic) bond motifs is 7. The Morgan fingerprint density at radius 2 is 1.68 bits per heavy atom. The van der Waals surface area contributed by atoms with Gasteiger partial charge in [-0.2, -0.15) is 0 Å². The van der Waals surface area contributed by atoms with Crippen LogP contribution in [0.15, 0.2) is 36.5 Å². The summed E-state index contributed by atoms with van der Waals surface area (Å²) in [6, 6.07) is 5.77. The van der Waals surface area contributed by atoms with Crippen LogP contribution in [0.1, 0.15) is 145 Å². The normalized spacial score (nSPS) is 41.0. The number of hydrogen-bond acceptors (Lipinski definition) is 5. The van der Waals surface area contributed by atoms with Gasteiger partial charge in [-0.25, -0.2) is 0 Å². The van der Waals surface area contributed by atoms with Crippen LogP contribution in [0.4, 0.5) is 0 Å². The highest BCUT2D eigenvalue weighted by molar-refractivity contribution is 5.84. The summed E-state index contributed by atoms with van der Waals surface area (Å²) in [5.74, 6) is 0.900. The number of esters is 1. The molecule has 6 rings (SSSR count). The highest BCUT2D eigenvalue weighted by atomic mass is 16.5. The van der Waals surface area contributed by atoms with Crippen LogP contribution in [0, 0.1) is 62.1 Å². The number of carbonyl (C=O) groups excluding carboxylic acids is 2. The lowest BCUT2D eigenvalue weighted by Gasteiger charge is -2.72. The Hall–Kier alpha value is -2.70. The minimum absolute atomic E-state index is 0.110. The van der Waals surface area contributed by atoms with Crippen LogP contribution in [0.5, 0.6) is 0 Å². The second-order valence-electron chi connectivity index (χ2n) is 19.5. The largest absolute Gasteiger partial charge is 0.481 e. The molecule has 0 bridgehead atoms. The number of pyridine rings is 1. The molecule has 50 heavy (non-hydrogen) atoms. The number of amides is 1. The molecule has 276 valence electrons. The smallest absolute Gasteiger partial charge is 0.309 e. The molecule has 1 aromatic rings. The van der Waals surface area contributed by atoms with Crippen molar-refractivity contribution in [3.05, 3.63) is 42.2 Å². The second-order valence-corrected chi connectivity index (χ2v) is 19.5. The first-order valence-corrected chi connectivity index (χ1v) is 19.5. The van der Waals surface area contributed by atoms with Gasteiger partial charge in [-0.3, -0.25) is 19.4 Å².